The molecule has 1 aromatic rings. The van der Waals surface area contributed by atoms with E-state index < -0.39 is 66.1 Å². The zero-order chi connectivity index (χ0) is 26.7. The molecule has 0 radical (unpaired) electrons. The van der Waals surface area contributed by atoms with Crippen LogP contribution in [0.5, 0.6) is 5.75 Å². The molecule has 4 unspecified atom stereocenters. The molecule has 6 N–H and O–H groups in total. The number of hydrogen-bond acceptors (Lipinski definition) is 8. The van der Waals surface area contributed by atoms with Gasteiger partial charge in [0.25, 0.3) is 0 Å². The van der Waals surface area contributed by atoms with Gasteiger partial charge >= 0.3 is 5.97 Å². The minimum atomic E-state index is -1.23. The number of aldehydes is 1. The second-order valence-corrected chi connectivity index (χ2v) is 8.44. The topological polar surface area (TPSA) is 191 Å². The number of nitrogens with one attached hydrogen (secondary N) is 4. The lowest BCUT2D eigenvalue weighted by atomic mass is 10.0. The van der Waals surface area contributed by atoms with Crippen molar-refractivity contribution in [3.8, 4) is 5.75 Å². The van der Waals surface area contributed by atoms with Crippen LogP contribution in [0.3, 0.4) is 0 Å². The maximum atomic E-state index is 12.9. The van der Waals surface area contributed by atoms with Crippen LogP contribution >= 0.6 is 0 Å². The number of phenolic OH excluding ortho intramolecular Hbond substituents is 1. The number of aliphatic carboxylic acids is 1. The van der Waals surface area contributed by atoms with Crippen LogP contribution in [0, 0.1) is 5.92 Å². The lowest BCUT2D eigenvalue weighted by Gasteiger charge is -2.25. The first-order chi connectivity index (χ1) is 16.3. The van der Waals surface area contributed by atoms with E-state index in [1.54, 1.807) is 26.0 Å². The number of benzene rings is 1. The van der Waals surface area contributed by atoms with E-state index in [2.05, 4.69) is 21.3 Å². The van der Waals surface area contributed by atoms with E-state index in [0.717, 1.165) is 0 Å². The van der Waals surface area contributed by atoms with Crippen molar-refractivity contribution in [2.24, 2.45) is 5.92 Å². The molecule has 0 spiro atoms. The van der Waals surface area contributed by atoms with Crippen LogP contribution in [0.15, 0.2) is 24.3 Å². The number of imide groups is 1. The van der Waals surface area contributed by atoms with Gasteiger partial charge in [-0.2, -0.15) is 0 Å². The summed E-state index contributed by atoms with van der Waals surface area (Å²) in [5.41, 5.74) is 0.656. The van der Waals surface area contributed by atoms with Crippen LogP contribution in [0.4, 0.5) is 0 Å². The number of hydrogen-bond donors (Lipinski definition) is 6. The number of aromatic hydroxyl groups is 1. The van der Waals surface area contributed by atoms with Crippen molar-refractivity contribution < 1.29 is 39.0 Å². The predicted molar refractivity (Wildman–Crippen MR) is 124 cm³/mol. The van der Waals surface area contributed by atoms with Crippen molar-refractivity contribution in [3.63, 3.8) is 0 Å². The maximum Gasteiger partial charge on any atom is 0.305 e. The van der Waals surface area contributed by atoms with E-state index in [1.165, 1.54) is 26.0 Å². The molecule has 0 heterocycles. The third kappa shape index (κ3) is 10.3. The number of carbonyl (C=O) groups excluding carboxylic acids is 5. The molecule has 0 saturated heterocycles. The average Bonchev–Trinajstić information content (AvgIpc) is 2.76. The van der Waals surface area contributed by atoms with Gasteiger partial charge < -0.3 is 25.6 Å². The lowest BCUT2D eigenvalue weighted by molar-refractivity contribution is -0.139. The quantitative estimate of drug-likeness (QED) is 0.192. The number of amides is 4. The Bertz CT molecular complexity index is 932. The first kappa shape index (κ1) is 29.2. The SMILES string of the molecule is CC(=O)NC(Cc1ccc(O)cc1)C(=O)NC(C(=O)NC(=O)C(C)NC(C=O)CC(=O)O)C(C)C. The number of phenols is 1. The molecule has 4 atom stereocenters. The van der Waals surface area contributed by atoms with Gasteiger partial charge in [-0.15, -0.1) is 0 Å². The van der Waals surface area contributed by atoms with Gasteiger partial charge in [0.15, 0.2) is 0 Å². The summed E-state index contributed by atoms with van der Waals surface area (Å²) >= 11 is 0. The molecular weight excluding hydrogens is 460 g/mol. The zero-order valence-corrected chi connectivity index (χ0v) is 20.0. The standard InChI is InChI=1S/C23H32N4O8/c1-12(2)20(23(35)27-21(33)13(3)24-16(11-28)10-19(31)32)26-22(34)18(25-14(4)29)9-15-5-7-17(30)8-6-15/h5-8,11-13,16,18,20,24,30H,9-10H2,1-4H3,(H,25,29)(H,26,34)(H,31,32)(H,27,33,35). The highest BCUT2D eigenvalue weighted by Crippen LogP contribution is 2.12. The van der Waals surface area contributed by atoms with E-state index in [4.69, 9.17) is 5.11 Å². The van der Waals surface area contributed by atoms with E-state index in [-0.39, 0.29) is 12.2 Å². The largest absolute Gasteiger partial charge is 0.508 e. The molecule has 0 saturated carbocycles. The molecule has 4 amide bonds. The molecule has 0 bridgehead atoms. The zero-order valence-electron chi connectivity index (χ0n) is 20.0. The van der Waals surface area contributed by atoms with Crippen LogP contribution in [-0.4, -0.2) is 70.3 Å². The Morgan fingerprint density at radius 3 is 2.03 bits per heavy atom. The Labute approximate surface area is 202 Å². The monoisotopic (exact) mass is 492 g/mol. The number of carboxylic acids is 1. The molecule has 12 heteroatoms. The molecule has 192 valence electrons. The molecule has 0 aliphatic heterocycles. The lowest BCUT2D eigenvalue weighted by Crippen LogP contribution is -2.58. The van der Waals surface area contributed by atoms with E-state index in [1.807, 2.05) is 0 Å². The van der Waals surface area contributed by atoms with Gasteiger partial charge in [0, 0.05) is 13.3 Å². The van der Waals surface area contributed by atoms with Crippen LogP contribution in [0.2, 0.25) is 0 Å². The number of carbonyl (C=O) groups is 6. The molecule has 0 fully saturated rings. The Morgan fingerprint density at radius 2 is 1.54 bits per heavy atom. The van der Waals surface area contributed by atoms with Gasteiger partial charge in [0.05, 0.1) is 18.5 Å². The molecule has 0 aliphatic rings. The van der Waals surface area contributed by atoms with Crippen molar-refractivity contribution in [2.75, 3.05) is 0 Å². The molecular formula is C23H32N4O8. The summed E-state index contributed by atoms with van der Waals surface area (Å²) < 4.78 is 0. The fourth-order valence-corrected chi connectivity index (χ4v) is 3.15. The van der Waals surface area contributed by atoms with Gasteiger partial charge in [-0.05, 0) is 30.5 Å². The highest BCUT2D eigenvalue weighted by atomic mass is 16.4. The van der Waals surface area contributed by atoms with E-state index >= 15 is 0 Å². The molecule has 35 heavy (non-hydrogen) atoms. The van der Waals surface area contributed by atoms with Crippen molar-refractivity contribution in [3.05, 3.63) is 29.8 Å². The average molecular weight is 493 g/mol. The van der Waals surface area contributed by atoms with Crippen molar-refractivity contribution in [1.29, 1.82) is 0 Å². The Hall–Kier alpha value is -3.80. The van der Waals surface area contributed by atoms with Crippen molar-refractivity contribution in [1.82, 2.24) is 21.3 Å². The van der Waals surface area contributed by atoms with Crippen LogP contribution in [0.1, 0.15) is 39.7 Å². The van der Waals surface area contributed by atoms with Gasteiger partial charge in [-0.3, -0.25) is 34.6 Å². The summed E-state index contributed by atoms with van der Waals surface area (Å²) in [6.45, 7) is 5.90. The molecule has 1 aromatic carbocycles. The summed E-state index contributed by atoms with van der Waals surface area (Å²) in [7, 11) is 0. The minimum Gasteiger partial charge on any atom is -0.508 e. The smallest absolute Gasteiger partial charge is 0.305 e. The van der Waals surface area contributed by atoms with Crippen molar-refractivity contribution >= 4 is 35.9 Å². The molecule has 12 nitrogen and oxygen atoms in total. The van der Waals surface area contributed by atoms with Crippen LogP contribution in [0.25, 0.3) is 0 Å². The van der Waals surface area contributed by atoms with Gasteiger partial charge in [0.1, 0.15) is 24.1 Å². The predicted octanol–water partition coefficient (Wildman–Crippen LogP) is -0.757. The second kappa shape index (κ2) is 13.8. The summed E-state index contributed by atoms with van der Waals surface area (Å²) in [5.74, 6) is -4.35. The van der Waals surface area contributed by atoms with Crippen molar-refractivity contribution in [2.45, 2.75) is 64.7 Å². The highest BCUT2D eigenvalue weighted by molar-refractivity contribution is 6.01. The number of rotatable bonds is 13. The second-order valence-electron chi connectivity index (χ2n) is 8.44. The highest BCUT2D eigenvalue weighted by Gasteiger charge is 2.30. The fraction of sp³-hybridized carbons (Fsp3) is 0.478. The minimum absolute atomic E-state index is 0.0432. The van der Waals surface area contributed by atoms with E-state index in [0.29, 0.717) is 11.8 Å². The first-order valence-corrected chi connectivity index (χ1v) is 11.0. The van der Waals surface area contributed by atoms with E-state index in [9.17, 15) is 33.9 Å². The first-order valence-electron chi connectivity index (χ1n) is 11.0. The van der Waals surface area contributed by atoms with Gasteiger partial charge in [-0.25, -0.2) is 0 Å². The summed E-state index contributed by atoms with van der Waals surface area (Å²) in [5, 5.41) is 28.0. The Morgan fingerprint density at radius 1 is 0.943 bits per heavy atom. The van der Waals surface area contributed by atoms with Crippen LogP contribution < -0.4 is 21.3 Å². The van der Waals surface area contributed by atoms with Gasteiger partial charge in [-0.1, -0.05) is 26.0 Å². The summed E-state index contributed by atoms with van der Waals surface area (Å²) in [6, 6.07) is 1.72. The summed E-state index contributed by atoms with van der Waals surface area (Å²) in [4.78, 5) is 71.5. The Kier molecular flexibility index (Phi) is 11.5. The fourth-order valence-electron chi connectivity index (χ4n) is 3.15. The van der Waals surface area contributed by atoms with Crippen LogP contribution in [-0.2, 0) is 35.2 Å². The third-order valence-corrected chi connectivity index (χ3v) is 4.98. The number of carboxylic acid groups (broad SMARTS) is 1. The Balaban J connectivity index is 2.88. The molecule has 1 rings (SSSR count). The summed E-state index contributed by atoms with van der Waals surface area (Å²) in [6.07, 6.45) is -0.0902. The maximum absolute atomic E-state index is 12.9. The third-order valence-electron chi connectivity index (χ3n) is 4.98. The van der Waals surface area contributed by atoms with Gasteiger partial charge in [0.2, 0.25) is 23.6 Å². The molecule has 0 aromatic heterocycles. The molecule has 0 aliphatic carbocycles. The normalized spacial score (nSPS) is 14.2.